The molecule has 0 aliphatic carbocycles. The number of H-pyrrole nitrogens is 1. The molecule has 3 N–H and O–H groups in total. The Balaban J connectivity index is 3.14. The highest BCUT2D eigenvalue weighted by atomic mass is 32.2. The summed E-state index contributed by atoms with van der Waals surface area (Å²) in [7, 11) is -0.956. The lowest BCUT2D eigenvalue weighted by molar-refractivity contribution is 0.0735. The summed E-state index contributed by atoms with van der Waals surface area (Å²) in [6, 6.07) is 0. The van der Waals surface area contributed by atoms with Gasteiger partial charge < -0.3 is 9.64 Å². The normalized spacial score (nSPS) is 11.6. The van der Waals surface area contributed by atoms with Crippen molar-refractivity contribution in [3.63, 3.8) is 0 Å². The Hall–Kier alpha value is -1.45. The molecule has 9 heteroatoms. The average molecular weight is 290 g/mol. The monoisotopic (exact) mass is 290 g/mol. The maximum Gasteiger partial charge on any atom is 0.275 e. The Morgan fingerprint density at radius 1 is 1.53 bits per heavy atom. The number of sulfonamides is 1. The van der Waals surface area contributed by atoms with Crippen LogP contribution < -0.4 is 5.14 Å². The number of carbonyl (C=O) groups excluding carboxylic acids is 1. The summed E-state index contributed by atoms with van der Waals surface area (Å²) in [5, 5.41) is 11.4. The van der Waals surface area contributed by atoms with Crippen molar-refractivity contribution in [2.45, 2.75) is 18.2 Å². The molecule has 0 atom stereocenters. The van der Waals surface area contributed by atoms with Crippen LogP contribution in [0.3, 0.4) is 0 Å². The van der Waals surface area contributed by atoms with Gasteiger partial charge in [0.1, 0.15) is 4.90 Å². The van der Waals surface area contributed by atoms with E-state index < -0.39 is 15.9 Å². The first kappa shape index (κ1) is 15.6. The summed E-state index contributed by atoms with van der Waals surface area (Å²) < 4.78 is 28.0. The zero-order chi connectivity index (χ0) is 14.6. The van der Waals surface area contributed by atoms with Gasteiger partial charge in [0, 0.05) is 20.7 Å². The van der Waals surface area contributed by atoms with Crippen molar-refractivity contribution in [1.29, 1.82) is 0 Å². The second kappa shape index (κ2) is 6.13. The molecule has 0 radical (unpaired) electrons. The highest BCUT2D eigenvalue weighted by molar-refractivity contribution is 7.89. The van der Waals surface area contributed by atoms with Gasteiger partial charge in [-0.15, -0.1) is 0 Å². The van der Waals surface area contributed by atoms with E-state index >= 15 is 0 Å². The van der Waals surface area contributed by atoms with Crippen LogP contribution in [0.4, 0.5) is 0 Å². The summed E-state index contributed by atoms with van der Waals surface area (Å²) in [4.78, 5) is 13.2. The predicted molar refractivity (Wildman–Crippen MR) is 68.2 cm³/mol. The highest BCUT2D eigenvalue weighted by Gasteiger charge is 2.28. The topological polar surface area (TPSA) is 118 Å². The van der Waals surface area contributed by atoms with Crippen LogP contribution in [0.15, 0.2) is 4.90 Å². The van der Waals surface area contributed by atoms with Gasteiger partial charge in [-0.25, -0.2) is 13.6 Å². The first-order valence-electron chi connectivity index (χ1n) is 5.67. The smallest absolute Gasteiger partial charge is 0.275 e. The van der Waals surface area contributed by atoms with Crippen LogP contribution in [0.1, 0.15) is 23.1 Å². The van der Waals surface area contributed by atoms with Crippen LogP contribution in [0.25, 0.3) is 0 Å². The van der Waals surface area contributed by atoms with E-state index in [1.165, 1.54) is 19.1 Å². The van der Waals surface area contributed by atoms with Crippen LogP contribution >= 0.6 is 0 Å². The molecule has 0 aliphatic rings. The number of carbonyl (C=O) groups is 1. The molecule has 0 aliphatic heterocycles. The lowest BCUT2D eigenvalue weighted by Crippen LogP contribution is -2.31. The molecule has 1 rings (SSSR count). The Kier molecular flexibility index (Phi) is 5.04. The van der Waals surface area contributed by atoms with Gasteiger partial charge in [0.15, 0.2) is 5.69 Å². The molecule has 1 amide bonds. The molecule has 0 unspecified atom stereocenters. The number of aryl methyl sites for hydroxylation is 1. The Morgan fingerprint density at radius 3 is 2.63 bits per heavy atom. The van der Waals surface area contributed by atoms with Crippen LogP contribution in [0.5, 0.6) is 0 Å². The summed E-state index contributed by atoms with van der Waals surface area (Å²) in [5.41, 5.74) is 0.143. The van der Waals surface area contributed by atoms with Gasteiger partial charge in [0.05, 0.1) is 12.3 Å². The molecule has 108 valence electrons. The van der Waals surface area contributed by atoms with Gasteiger partial charge in [0.2, 0.25) is 10.0 Å². The van der Waals surface area contributed by atoms with Crippen LogP contribution in [0, 0.1) is 0 Å². The number of rotatable bonds is 6. The van der Waals surface area contributed by atoms with Gasteiger partial charge in [-0.05, 0) is 6.42 Å². The van der Waals surface area contributed by atoms with E-state index in [-0.39, 0.29) is 10.6 Å². The number of hydrogen-bond donors (Lipinski definition) is 2. The van der Waals surface area contributed by atoms with E-state index in [0.717, 1.165) is 0 Å². The number of aromatic nitrogens is 2. The molecule has 0 saturated carbocycles. The van der Waals surface area contributed by atoms with Crippen LogP contribution in [-0.2, 0) is 21.2 Å². The second-order valence-corrected chi connectivity index (χ2v) is 5.50. The number of nitrogens with one attached hydrogen (secondary N) is 1. The summed E-state index contributed by atoms with van der Waals surface area (Å²) in [6.45, 7) is 2.41. The van der Waals surface area contributed by atoms with E-state index in [4.69, 9.17) is 9.88 Å². The number of ether oxygens (including phenoxy) is 1. The van der Waals surface area contributed by atoms with Crippen molar-refractivity contribution < 1.29 is 17.9 Å². The van der Waals surface area contributed by atoms with Crippen molar-refractivity contribution in [1.82, 2.24) is 15.1 Å². The maximum atomic E-state index is 12.1. The number of nitrogens with two attached hydrogens (primary N) is 1. The van der Waals surface area contributed by atoms with Gasteiger partial charge in [-0.3, -0.25) is 9.89 Å². The lowest BCUT2D eigenvalue weighted by atomic mass is 10.3. The third-order valence-corrected chi connectivity index (χ3v) is 3.62. The molecule has 1 aromatic rings. The Morgan fingerprint density at radius 2 is 2.16 bits per heavy atom. The minimum atomic E-state index is -4.00. The Bertz CT molecular complexity index is 552. The first-order valence-corrected chi connectivity index (χ1v) is 7.22. The molecule has 0 saturated heterocycles. The first-order chi connectivity index (χ1) is 8.82. The molecule has 0 spiro atoms. The Labute approximate surface area is 112 Å². The molecule has 19 heavy (non-hydrogen) atoms. The third-order valence-electron chi connectivity index (χ3n) is 2.61. The third kappa shape index (κ3) is 3.52. The van der Waals surface area contributed by atoms with E-state index in [9.17, 15) is 13.2 Å². The van der Waals surface area contributed by atoms with E-state index in [2.05, 4.69) is 10.2 Å². The number of methoxy groups -OCH3 is 1. The van der Waals surface area contributed by atoms with Crippen molar-refractivity contribution >= 4 is 15.9 Å². The molecule has 8 nitrogen and oxygen atoms in total. The van der Waals surface area contributed by atoms with Crippen molar-refractivity contribution in [3.05, 3.63) is 11.4 Å². The average Bonchev–Trinajstić information content (AvgIpc) is 2.78. The summed E-state index contributed by atoms with van der Waals surface area (Å²) in [6.07, 6.45) is 0.383. The maximum absolute atomic E-state index is 12.1. The molecule has 0 aromatic carbocycles. The fourth-order valence-electron chi connectivity index (χ4n) is 1.57. The van der Waals surface area contributed by atoms with Crippen LogP contribution in [0.2, 0.25) is 0 Å². The van der Waals surface area contributed by atoms with Crippen molar-refractivity contribution in [2.24, 2.45) is 5.14 Å². The van der Waals surface area contributed by atoms with Gasteiger partial charge in [0.25, 0.3) is 5.91 Å². The van der Waals surface area contributed by atoms with Crippen molar-refractivity contribution in [3.8, 4) is 0 Å². The minimum Gasteiger partial charge on any atom is -0.383 e. The fourth-order valence-corrected chi connectivity index (χ4v) is 2.51. The molecular weight excluding hydrogens is 272 g/mol. The fraction of sp³-hybridized carbons (Fsp3) is 0.600. The van der Waals surface area contributed by atoms with Gasteiger partial charge >= 0.3 is 0 Å². The summed E-state index contributed by atoms with van der Waals surface area (Å²) >= 11 is 0. The van der Waals surface area contributed by atoms with E-state index in [1.54, 1.807) is 6.92 Å². The van der Waals surface area contributed by atoms with E-state index in [0.29, 0.717) is 25.3 Å². The SMILES string of the molecule is CCc1[nH]nc(C(=O)N(C)CCOC)c1S(N)(=O)=O. The highest BCUT2D eigenvalue weighted by Crippen LogP contribution is 2.18. The van der Waals surface area contributed by atoms with Gasteiger partial charge in [-0.1, -0.05) is 6.92 Å². The number of amides is 1. The molecule has 1 aromatic heterocycles. The summed E-state index contributed by atoms with van der Waals surface area (Å²) in [5.74, 6) is -0.517. The lowest BCUT2D eigenvalue weighted by Gasteiger charge is -2.15. The zero-order valence-corrected chi connectivity index (χ0v) is 12.0. The van der Waals surface area contributed by atoms with Crippen molar-refractivity contribution in [2.75, 3.05) is 27.3 Å². The number of nitrogens with zero attached hydrogens (tertiary/aromatic N) is 2. The number of primary sulfonamides is 1. The zero-order valence-electron chi connectivity index (χ0n) is 11.1. The largest absolute Gasteiger partial charge is 0.383 e. The van der Waals surface area contributed by atoms with E-state index in [1.807, 2.05) is 0 Å². The number of hydrogen-bond acceptors (Lipinski definition) is 5. The molecular formula is C10H18N4O4S. The second-order valence-electron chi connectivity index (χ2n) is 4.00. The quantitative estimate of drug-likeness (QED) is 0.721. The number of likely N-dealkylation sites (N-methyl/N-ethyl adjacent to an activating group) is 1. The minimum absolute atomic E-state index is 0.182. The predicted octanol–water partition coefficient (Wildman–Crippen LogP) is -0.662. The molecule has 0 fully saturated rings. The standard InChI is InChI=1S/C10H18N4O4S/c1-4-7-9(19(11,16)17)8(13-12-7)10(15)14(2)5-6-18-3/h4-6H2,1-3H3,(H,12,13)(H2,11,16,17). The van der Waals surface area contributed by atoms with Crippen LogP contribution in [-0.4, -0.2) is 56.7 Å². The molecule has 1 heterocycles. The van der Waals surface area contributed by atoms with Gasteiger partial charge in [-0.2, -0.15) is 5.10 Å². The molecule has 0 bridgehead atoms. The number of aromatic amines is 1.